The van der Waals surface area contributed by atoms with E-state index in [4.69, 9.17) is 5.11 Å². The largest absolute Gasteiger partial charge is 0.481 e. The summed E-state index contributed by atoms with van der Waals surface area (Å²) in [6, 6.07) is 0. The van der Waals surface area contributed by atoms with Crippen LogP contribution in [0.15, 0.2) is 0 Å². The SMILES string of the molecule is O=C(O)CC1(O)CCCSCC1. The first-order valence-electron chi connectivity index (χ1n) is 4.14. The molecule has 1 fully saturated rings. The number of hydrogen-bond donors (Lipinski definition) is 2. The van der Waals surface area contributed by atoms with Crippen LogP contribution in [0.1, 0.15) is 25.7 Å². The highest BCUT2D eigenvalue weighted by atomic mass is 32.2. The molecular weight excluding hydrogens is 176 g/mol. The Morgan fingerprint density at radius 2 is 2.17 bits per heavy atom. The number of carboxylic acid groups (broad SMARTS) is 1. The normalized spacial score (nSPS) is 31.1. The Bertz CT molecular complexity index is 162. The smallest absolute Gasteiger partial charge is 0.306 e. The number of aliphatic carboxylic acids is 1. The van der Waals surface area contributed by atoms with Crippen LogP contribution in [0, 0.1) is 0 Å². The lowest BCUT2D eigenvalue weighted by atomic mass is 9.91. The molecule has 0 spiro atoms. The lowest BCUT2D eigenvalue weighted by Crippen LogP contribution is -2.31. The molecule has 4 heteroatoms. The average Bonchev–Trinajstić information content (AvgIpc) is 2.12. The minimum Gasteiger partial charge on any atom is -0.481 e. The summed E-state index contributed by atoms with van der Waals surface area (Å²) in [6.45, 7) is 0. The summed E-state index contributed by atoms with van der Waals surface area (Å²) in [5.74, 6) is 1.02. The van der Waals surface area contributed by atoms with Gasteiger partial charge in [-0.05, 0) is 30.8 Å². The molecule has 0 bridgehead atoms. The van der Waals surface area contributed by atoms with Crippen LogP contribution in [0.5, 0.6) is 0 Å². The van der Waals surface area contributed by atoms with Crippen LogP contribution in [0.25, 0.3) is 0 Å². The number of carbonyl (C=O) groups is 1. The summed E-state index contributed by atoms with van der Waals surface area (Å²) in [4.78, 5) is 10.4. The minimum atomic E-state index is -0.935. The Kier molecular flexibility index (Phi) is 3.40. The summed E-state index contributed by atoms with van der Waals surface area (Å²) >= 11 is 1.79. The number of thioether (sulfide) groups is 1. The molecule has 3 nitrogen and oxygen atoms in total. The first kappa shape index (κ1) is 9.86. The molecule has 1 heterocycles. The Morgan fingerprint density at radius 3 is 2.83 bits per heavy atom. The lowest BCUT2D eigenvalue weighted by molar-refractivity contribution is -0.142. The quantitative estimate of drug-likeness (QED) is 0.685. The summed E-state index contributed by atoms with van der Waals surface area (Å²) in [6.07, 6.45) is 2.07. The molecular formula is C8H14O3S. The monoisotopic (exact) mass is 190 g/mol. The van der Waals surface area contributed by atoms with Crippen molar-refractivity contribution < 1.29 is 15.0 Å². The molecule has 0 aromatic rings. The molecule has 2 N–H and O–H groups in total. The Morgan fingerprint density at radius 1 is 1.42 bits per heavy atom. The third-order valence-electron chi connectivity index (χ3n) is 2.12. The molecule has 1 atom stereocenters. The van der Waals surface area contributed by atoms with Crippen molar-refractivity contribution in [2.75, 3.05) is 11.5 Å². The van der Waals surface area contributed by atoms with Crippen LogP contribution in [-0.2, 0) is 4.79 Å². The molecule has 0 aromatic heterocycles. The van der Waals surface area contributed by atoms with Gasteiger partial charge < -0.3 is 10.2 Å². The summed E-state index contributed by atoms with van der Waals surface area (Å²) in [5.41, 5.74) is -0.935. The second-order valence-corrected chi connectivity index (χ2v) is 4.49. The van der Waals surface area contributed by atoms with Gasteiger partial charge in [0.1, 0.15) is 0 Å². The van der Waals surface area contributed by atoms with E-state index in [0.29, 0.717) is 12.8 Å². The molecule has 1 aliphatic rings. The van der Waals surface area contributed by atoms with Crippen molar-refractivity contribution in [1.82, 2.24) is 0 Å². The molecule has 1 aliphatic heterocycles. The first-order chi connectivity index (χ1) is 5.62. The number of hydrogen-bond acceptors (Lipinski definition) is 3. The molecule has 70 valence electrons. The predicted molar refractivity (Wildman–Crippen MR) is 48.4 cm³/mol. The summed E-state index contributed by atoms with van der Waals surface area (Å²) < 4.78 is 0. The number of aliphatic hydroxyl groups is 1. The molecule has 0 saturated carbocycles. The van der Waals surface area contributed by atoms with Gasteiger partial charge in [0, 0.05) is 0 Å². The van der Waals surface area contributed by atoms with Crippen LogP contribution >= 0.6 is 11.8 Å². The van der Waals surface area contributed by atoms with Crippen LogP contribution in [0.2, 0.25) is 0 Å². The van der Waals surface area contributed by atoms with E-state index in [-0.39, 0.29) is 6.42 Å². The maximum atomic E-state index is 10.4. The van der Waals surface area contributed by atoms with Crippen molar-refractivity contribution in [3.8, 4) is 0 Å². The van der Waals surface area contributed by atoms with E-state index >= 15 is 0 Å². The van der Waals surface area contributed by atoms with Crippen LogP contribution in [-0.4, -0.2) is 33.3 Å². The maximum absolute atomic E-state index is 10.4. The van der Waals surface area contributed by atoms with Gasteiger partial charge in [-0.2, -0.15) is 11.8 Å². The zero-order valence-electron chi connectivity index (χ0n) is 6.95. The van der Waals surface area contributed by atoms with Crippen LogP contribution in [0.4, 0.5) is 0 Å². The van der Waals surface area contributed by atoms with Gasteiger partial charge >= 0.3 is 5.97 Å². The van der Waals surface area contributed by atoms with E-state index in [2.05, 4.69) is 0 Å². The highest BCUT2D eigenvalue weighted by molar-refractivity contribution is 7.99. The van der Waals surface area contributed by atoms with Crippen molar-refractivity contribution in [1.29, 1.82) is 0 Å². The lowest BCUT2D eigenvalue weighted by Gasteiger charge is -2.23. The minimum absolute atomic E-state index is 0.104. The first-order valence-corrected chi connectivity index (χ1v) is 5.30. The zero-order chi connectivity index (χ0) is 9.03. The number of rotatable bonds is 2. The topological polar surface area (TPSA) is 57.5 Å². The van der Waals surface area contributed by atoms with Gasteiger partial charge in [-0.1, -0.05) is 0 Å². The zero-order valence-corrected chi connectivity index (χ0v) is 7.77. The van der Waals surface area contributed by atoms with Crippen molar-refractivity contribution in [2.45, 2.75) is 31.3 Å². The van der Waals surface area contributed by atoms with Gasteiger partial charge in [0.15, 0.2) is 0 Å². The fourth-order valence-electron chi connectivity index (χ4n) is 1.45. The van der Waals surface area contributed by atoms with E-state index in [1.165, 1.54) is 0 Å². The van der Waals surface area contributed by atoms with E-state index in [1.54, 1.807) is 11.8 Å². The van der Waals surface area contributed by atoms with Gasteiger partial charge in [0.25, 0.3) is 0 Å². The van der Waals surface area contributed by atoms with E-state index in [1.807, 2.05) is 0 Å². The fraction of sp³-hybridized carbons (Fsp3) is 0.875. The van der Waals surface area contributed by atoms with Gasteiger partial charge in [0.2, 0.25) is 0 Å². The Balaban J connectivity index is 2.48. The molecule has 12 heavy (non-hydrogen) atoms. The molecule has 1 saturated heterocycles. The van der Waals surface area contributed by atoms with Crippen LogP contribution in [0.3, 0.4) is 0 Å². The predicted octanol–water partition coefficient (Wildman–Crippen LogP) is 1.11. The van der Waals surface area contributed by atoms with Crippen molar-refractivity contribution >= 4 is 17.7 Å². The second kappa shape index (κ2) is 4.14. The highest BCUT2D eigenvalue weighted by Crippen LogP contribution is 2.28. The Hall–Kier alpha value is -0.220. The summed E-state index contributed by atoms with van der Waals surface area (Å²) in [7, 11) is 0. The van der Waals surface area contributed by atoms with Gasteiger partial charge in [-0.3, -0.25) is 4.79 Å². The van der Waals surface area contributed by atoms with Crippen molar-refractivity contribution in [3.63, 3.8) is 0 Å². The number of carboxylic acids is 1. The highest BCUT2D eigenvalue weighted by Gasteiger charge is 2.30. The van der Waals surface area contributed by atoms with Gasteiger partial charge in [0.05, 0.1) is 12.0 Å². The van der Waals surface area contributed by atoms with E-state index in [0.717, 1.165) is 17.9 Å². The van der Waals surface area contributed by atoms with Crippen molar-refractivity contribution in [2.24, 2.45) is 0 Å². The third-order valence-corrected chi connectivity index (χ3v) is 3.19. The van der Waals surface area contributed by atoms with Crippen molar-refractivity contribution in [3.05, 3.63) is 0 Å². The summed E-state index contributed by atoms with van der Waals surface area (Å²) in [5, 5.41) is 18.4. The molecule has 0 aliphatic carbocycles. The van der Waals surface area contributed by atoms with E-state index in [9.17, 15) is 9.90 Å². The maximum Gasteiger partial charge on any atom is 0.306 e. The van der Waals surface area contributed by atoms with E-state index < -0.39 is 11.6 Å². The second-order valence-electron chi connectivity index (χ2n) is 3.26. The Labute approximate surface area is 76.2 Å². The molecule has 0 radical (unpaired) electrons. The molecule has 0 amide bonds. The van der Waals surface area contributed by atoms with Gasteiger partial charge in [-0.15, -0.1) is 0 Å². The molecule has 1 unspecified atom stereocenters. The average molecular weight is 190 g/mol. The fourth-order valence-corrected chi connectivity index (χ4v) is 2.53. The third kappa shape index (κ3) is 3.03. The molecule has 1 rings (SSSR count). The van der Waals surface area contributed by atoms with Crippen LogP contribution < -0.4 is 0 Å². The van der Waals surface area contributed by atoms with Gasteiger partial charge in [-0.25, -0.2) is 0 Å². The molecule has 0 aromatic carbocycles. The standard InChI is InChI=1S/C8H14O3S/c9-7(10)6-8(11)2-1-4-12-5-3-8/h11H,1-6H2,(H,9,10).